The number of carbonyl (C=O) groups excluding carboxylic acids is 1. The number of nitrogens with zero attached hydrogens (tertiary/aromatic N) is 2. The van der Waals surface area contributed by atoms with Crippen molar-refractivity contribution in [1.82, 2.24) is 9.97 Å². The van der Waals surface area contributed by atoms with Crippen molar-refractivity contribution >= 4 is 14.1 Å². The second-order valence-corrected chi connectivity index (χ2v) is 4.31. The fourth-order valence-corrected chi connectivity index (χ4v) is 0.669. The molecule has 0 aliphatic heterocycles. The Morgan fingerprint density at radius 1 is 1.10 bits per heavy atom. The summed E-state index contributed by atoms with van der Waals surface area (Å²) in [5.41, 5.74) is 0. The quantitative estimate of drug-likeness (QED) is 0.217. The number of phosphoric acid groups is 1. The van der Waals surface area contributed by atoms with Crippen molar-refractivity contribution in [2.24, 2.45) is 0 Å². The molecule has 0 bridgehead atoms. The number of aliphatic hydroxyl groups excluding tert-OH is 4. The van der Waals surface area contributed by atoms with E-state index in [0.29, 0.717) is 0 Å². The van der Waals surface area contributed by atoms with Crippen LogP contribution in [0.4, 0.5) is 0 Å². The van der Waals surface area contributed by atoms with Crippen LogP contribution in [-0.2, 0) is 9.36 Å². The van der Waals surface area contributed by atoms with Crippen molar-refractivity contribution in [3.05, 3.63) is 24.8 Å². The van der Waals surface area contributed by atoms with Crippen molar-refractivity contribution < 1.29 is 44.5 Å². The number of rotatable bonds is 4. The highest BCUT2D eigenvalue weighted by molar-refractivity contribution is 7.45. The zero-order valence-electron chi connectivity index (χ0n) is 10.6. The van der Waals surface area contributed by atoms with Crippen molar-refractivity contribution in [3.8, 4) is 0 Å². The van der Waals surface area contributed by atoms with Crippen LogP contribution >= 0.6 is 7.82 Å². The largest absolute Gasteiger partial charge is 0.466 e. The van der Waals surface area contributed by atoms with Gasteiger partial charge in [-0.2, -0.15) is 0 Å². The van der Waals surface area contributed by atoms with E-state index in [1.165, 1.54) is 6.33 Å². The Bertz CT molecular complexity index is 366. The molecular weight excluding hydrogens is 311 g/mol. The maximum Gasteiger partial charge on any atom is 0.466 e. The Labute approximate surface area is 119 Å². The monoisotopic (exact) mass is 328 g/mol. The highest BCUT2D eigenvalue weighted by Gasteiger charge is 2.22. The second kappa shape index (κ2) is 12.4. The molecule has 0 radical (unpaired) electrons. The number of hydrogen-bond donors (Lipinski definition) is 7. The number of aliphatic hydroxyl groups is 4. The fourth-order valence-electron chi connectivity index (χ4n) is 0.669. The van der Waals surface area contributed by atoms with Gasteiger partial charge in [0.05, 0.1) is 6.61 Å². The van der Waals surface area contributed by atoms with Gasteiger partial charge < -0.3 is 39.9 Å². The summed E-state index contributed by atoms with van der Waals surface area (Å²) in [5, 5.41) is 34.1. The van der Waals surface area contributed by atoms with E-state index < -0.39 is 32.7 Å². The zero-order chi connectivity index (χ0) is 16.9. The molecule has 0 aliphatic carbocycles. The van der Waals surface area contributed by atoms with E-state index in [0.717, 1.165) is 0 Å². The Kier molecular flexibility index (Phi) is 13.0. The molecule has 0 saturated carbocycles. The molecule has 3 unspecified atom stereocenters. The van der Waals surface area contributed by atoms with Gasteiger partial charge in [-0.15, -0.1) is 0 Å². The summed E-state index contributed by atoms with van der Waals surface area (Å²) < 4.78 is 8.88. The highest BCUT2D eigenvalue weighted by Crippen LogP contribution is 2.25. The molecule has 21 heavy (non-hydrogen) atoms. The smallest absolute Gasteiger partial charge is 0.394 e. The van der Waals surface area contributed by atoms with Gasteiger partial charge in [-0.25, -0.2) is 14.5 Å². The van der Waals surface area contributed by atoms with E-state index in [2.05, 4.69) is 9.97 Å². The van der Waals surface area contributed by atoms with Gasteiger partial charge in [0.2, 0.25) is 0 Å². The minimum Gasteiger partial charge on any atom is -0.394 e. The minimum absolute atomic E-state index is 0.0869. The lowest BCUT2D eigenvalue weighted by Gasteiger charge is -2.16. The summed E-state index contributed by atoms with van der Waals surface area (Å²) in [6.07, 6.45) is 0.244. The summed E-state index contributed by atoms with van der Waals surface area (Å²) in [7, 11) is -4.64. The third-order valence-corrected chi connectivity index (χ3v) is 1.55. The van der Waals surface area contributed by atoms with E-state index in [1.54, 1.807) is 18.5 Å². The predicted molar refractivity (Wildman–Crippen MR) is 67.5 cm³/mol. The summed E-state index contributed by atoms with van der Waals surface area (Å²) in [4.78, 5) is 38.7. The molecule has 7 N–H and O–H groups in total. The summed E-state index contributed by atoms with van der Waals surface area (Å²) in [6.45, 7) is -0.688. The Balaban J connectivity index is 0. The molecular formula is C9H17N2O9P. The van der Waals surface area contributed by atoms with Gasteiger partial charge in [0, 0.05) is 12.4 Å². The van der Waals surface area contributed by atoms with Crippen LogP contribution in [0, 0.1) is 0 Å². The third kappa shape index (κ3) is 18.7. The van der Waals surface area contributed by atoms with E-state index in [1.807, 2.05) is 0 Å². The molecule has 0 amide bonds. The normalized spacial score (nSPS) is 14.4. The SMILES string of the molecule is O=CC(O)C(O)C(O)CO.O=P(O)(O)O.c1cncnc1. The van der Waals surface area contributed by atoms with Crippen LogP contribution in [0.5, 0.6) is 0 Å². The molecule has 11 nitrogen and oxygen atoms in total. The van der Waals surface area contributed by atoms with Gasteiger partial charge in [-0.3, -0.25) is 0 Å². The lowest BCUT2D eigenvalue weighted by atomic mass is 10.1. The third-order valence-electron chi connectivity index (χ3n) is 1.55. The maximum atomic E-state index is 9.76. The van der Waals surface area contributed by atoms with Crippen LogP contribution < -0.4 is 0 Å². The molecule has 12 heteroatoms. The fraction of sp³-hybridized carbons (Fsp3) is 0.444. The summed E-state index contributed by atoms with van der Waals surface area (Å²) in [6, 6.07) is 1.78. The molecule has 1 aromatic heterocycles. The second-order valence-electron chi connectivity index (χ2n) is 3.28. The van der Waals surface area contributed by atoms with Crippen molar-refractivity contribution in [3.63, 3.8) is 0 Å². The molecule has 0 aromatic carbocycles. The molecule has 1 rings (SSSR count). The van der Waals surface area contributed by atoms with Crippen LogP contribution in [0.15, 0.2) is 24.8 Å². The van der Waals surface area contributed by atoms with Crippen molar-refractivity contribution in [1.29, 1.82) is 0 Å². The first-order valence-corrected chi connectivity index (χ1v) is 6.78. The zero-order valence-corrected chi connectivity index (χ0v) is 11.5. The Morgan fingerprint density at radius 3 is 1.71 bits per heavy atom. The average Bonchev–Trinajstić information content (AvgIpc) is 2.45. The van der Waals surface area contributed by atoms with Crippen LogP contribution in [0.1, 0.15) is 0 Å². The topological polar surface area (TPSA) is 202 Å². The van der Waals surface area contributed by atoms with E-state index in [9.17, 15) is 4.79 Å². The number of aldehydes is 1. The molecule has 0 aliphatic rings. The molecule has 1 aromatic rings. The van der Waals surface area contributed by atoms with Crippen molar-refractivity contribution in [2.45, 2.75) is 18.3 Å². The lowest BCUT2D eigenvalue weighted by molar-refractivity contribution is -0.127. The van der Waals surface area contributed by atoms with Gasteiger partial charge >= 0.3 is 7.82 Å². The number of carbonyl (C=O) groups is 1. The predicted octanol–water partition coefficient (Wildman–Crippen LogP) is -3.19. The average molecular weight is 328 g/mol. The van der Waals surface area contributed by atoms with Crippen LogP contribution in [-0.4, -0.2) is 76.3 Å². The van der Waals surface area contributed by atoms with Crippen LogP contribution in [0.2, 0.25) is 0 Å². The van der Waals surface area contributed by atoms with E-state index in [4.69, 9.17) is 39.7 Å². The van der Waals surface area contributed by atoms with E-state index >= 15 is 0 Å². The molecule has 0 fully saturated rings. The Hall–Kier alpha value is -1.30. The van der Waals surface area contributed by atoms with Gasteiger partial charge in [-0.05, 0) is 6.07 Å². The maximum absolute atomic E-state index is 9.76. The van der Waals surface area contributed by atoms with Crippen LogP contribution in [0.3, 0.4) is 0 Å². The van der Waals surface area contributed by atoms with Gasteiger partial charge in [0.15, 0.2) is 6.29 Å². The first-order valence-electron chi connectivity index (χ1n) is 5.22. The van der Waals surface area contributed by atoms with Gasteiger partial charge in [0.25, 0.3) is 0 Å². The molecule has 1 heterocycles. The molecule has 122 valence electrons. The molecule has 3 atom stereocenters. The van der Waals surface area contributed by atoms with Gasteiger partial charge in [0.1, 0.15) is 24.6 Å². The number of aromatic nitrogens is 2. The Morgan fingerprint density at radius 2 is 1.52 bits per heavy atom. The first-order chi connectivity index (χ1) is 9.63. The highest BCUT2D eigenvalue weighted by atomic mass is 31.2. The summed E-state index contributed by atoms with van der Waals surface area (Å²) in [5.74, 6) is 0. The van der Waals surface area contributed by atoms with Gasteiger partial charge in [-0.1, -0.05) is 0 Å². The number of hydrogen-bond acceptors (Lipinski definition) is 8. The molecule has 0 saturated heterocycles. The van der Waals surface area contributed by atoms with Crippen LogP contribution in [0.25, 0.3) is 0 Å². The first kappa shape index (κ1) is 22.0. The lowest BCUT2D eigenvalue weighted by Crippen LogP contribution is -2.40. The molecule has 0 spiro atoms. The standard InChI is InChI=1S/C5H10O5.C4H4N2.H3O4P/c6-1-3(8)5(10)4(9)2-7;1-2-5-4-6-3-1;1-5(2,3)4/h1,3-5,7-10H,2H2;1-4H;(H3,1,2,3,4). The minimum atomic E-state index is -4.64. The van der Waals surface area contributed by atoms with E-state index in [-0.39, 0.29) is 6.29 Å². The summed E-state index contributed by atoms with van der Waals surface area (Å²) >= 11 is 0. The van der Waals surface area contributed by atoms with Crippen molar-refractivity contribution in [2.75, 3.05) is 6.61 Å².